The molecule has 0 atom stereocenters. The van der Waals surface area contributed by atoms with Gasteiger partial charge in [0.05, 0.1) is 18.4 Å². The molecule has 2 N–H and O–H groups in total. The highest BCUT2D eigenvalue weighted by Gasteiger charge is 2.37. The van der Waals surface area contributed by atoms with Crippen LogP contribution >= 0.6 is 11.6 Å². The third-order valence-corrected chi connectivity index (χ3v) is 6.39. The summed E-state index contributed by atoms with van der Waals surface area (Å²) in [6.45, 7) is 3.47. The summed E-state index contributed by atoms with van der Waals surface area (Å²) in [5.41, 5.74) is 2.80. The minimum absolute atomic E-state index is 0.124. The molecule has 3 aromatic carbocycles. The molecule has 10 nitrogen and oxygen atoms in total. The Morgan fingerprint density at radius 3 is 2.45 bits per heavy atom. The van der Waals surface area contributed by atoms with Crippen molar-refractivity contribution in [1.82, 2.24) is 5.32 Å². The standard InChI is InChI=1S/C29H24ClN3O7/c1-16-5-4-6-23(17(16)2)31-25(34)15-40-24-12-9-20(30)13-19(24)14-22-26(35)32-29(38)33(27(22)36)21-10-7-18(8-11-21)28(37)39-3/h4-14H,15H2,1-3H3,(H,31,34)(H,32,35,38)/b22-14-. The average Bonchev–Trinajstić information content (AvgIpc) is 2.93. The van der Waals surface area contributed by atoms with Gasteiger partial charge in [0.15, 0.2) is 6.61 Å². The first-order chi connectivity index (χ1) is 19.1. The Balaban J connectivity index is 1.58. The lowest BCUT2D eigenvalue weighted by Gasteiger charge is -2.26. The first-order valence-electron chi connectivity index (χ1n) is 12.0. The second kappa shape index (κ2) is 11.8. The molecule has 5 amide bonds. The molecule has 11 heteroatoms. The molecule has 0 unspecified atom stereocenters. The number of imide groups is 2. The van der Waals surface area contributed by atoms with Crippen LogP contribution in [0.25, 0.3) is 6.08 Å². The first-order valence-corrected chi connectivity index (χ1v) is 12.3. The van der Waals surface area contributed by atoms with E-state index in [0.717, 1.165) is 16.0 Å². The van der Waals surface area contributed by atoms with E-state index in [9.17, 15) is 24.0 Å². The van der Waals surface area contributed by atoms with Crippen LogP contribution in [0.4, 0.5) is 16.2 Å². The van der Waals surface area contributed by atoms with E-state index in [1.807, 2.05) is 26.0 Å². The fourth-order valence-electron chi connectivity index (χ4n) is 3.89. The topological polar surface area (TPSA) is 131 Å². The fraction of sp³-hybridized carbons (Fsp3) is 0.138. The molecule has 4 rings (SSSR count). The van der Waals surface area contributed by atoms with Crippen LogP contribution in [-0.2, 0) is 19.1 Å². The lowest BCUT2D eigenvalue weighted by molar-refractivity contribution is -0.122. The Morgan fingerprint density at radius 1 is 1.02 bits per heavy atom. The summed E-state index contributed by atoms with van der Waals surface area (Å²) in [4.78, 5) is 63.6. The van der Waals surface area contributed by atoms with Crippen molar-refractivity contribution in [3.8, 4) is 5.75 Å². The van der Waals surface area contributed by atoms with Crippen LogP contribution in [0, 0.1) is 13.8 Å². The van der Waals surface area contributed by atoms with Gasteiger partial charge in [0.2, 0.25) is 0 Å². The van der Waals surface area contributed by atoms with Crippen LogP contribution in [0.5, 0.6) is 5.75 Å². The first kappa shape index (κ1) is 28.1. The van der Waals surface area contributed by atoms with Gasteiger partial charge in [0, 0.05) is 16.3 Å². The maximum absolute atomic E-state index is 13.3. The van der Waals surface area contributed by atoms with E-state index < -0.39 is 29.7 Å². The predicted octanol–water partition coefficient (Wildman–Crippen LogP) is 4.43. The van der Waals surface area contributed by atoms with Crippen LogP contribution in [0.3, 0.4) is 0 Å². The number of methoxy groups -OCH3 is 1. The number of rotatable bonds is 7. The summed E-state index contributed by atoms with van der Waals surface area (Å²) in [6.07, 6.45) is 1.23. The number of anilines is 2. The van der Waals surface area contributed by atoms with Crippen molar-refractivity contribution in [2.24, 2.45) is 0 Å². The minimum Gasteiger partial charge on any atom is -0.483 e. The van der Waals surface area contributed by atoms with Gasteiger partial charge in [-0.1, -0.05) is 23.7 Å². The Bertz CT molecular complexity index is 1560. The Hall–Kier alpha value is -4.96. The van der Waals surface area contributed by atoms with Gasteiger partial charge in [-0.2, -0.15) is 0 Å². The Kier molecular flexibility index (Phi) is 8.30. The molecule has 0 bridgehead atoms. The average molecular weight is 562 g/mol. The second-order valence-corrected chi connectivity index (χ2v) is 9.20. The molecule has 0 spiro atoms. The van der Waals surface area contributed by atoms with E-state index in [-0.39, 0.29) is 39.8 Å². The number of nitrogens with one attached hydrogen (secondary N) is 2. The summed E-state index contributed by atoms with van der Waals surface area (Å²) in [5, 5.41) is 5.21. The summed E-state index contributed by atoms with van der Waals surface area (Å²) in [7, 11) is 1.23. The number of carbonyl (C=O) groups excluding carboxylic acids is 5. The van der Waals surface area contributed by atoms with Crippen LogP contribution in [0.2, 0.25) is 5.02 Å². The quantitative estimate of drug-likeness (QED) is 0.248. The molecule has 1 saturated heterocycles. The lowest BCUT2D eigenvalue weighted by Crippen LogP contribution is -2.54. The molecule has 204 valence electrons. The van der Waals surface area contributed by atoms with E-state index in [4.69, 9.17) is 16.3 Å². The van der Waals surface area contributed by atoms with E-state index in [2.05, 4.69) is 15.4 Å². The molecule has 1 aliphatic heterocycles. The minimum atomic E-state index is -0.955. The number of carbonyl (C=O) groups is 5. The zero-order valence-electron chi connectivity index (χ0n) is 21.7. The van der Waals surface area contributed by atoms with Crippen molar-refractivity contribution in [2.45, 2.75) is 13.8 Å². The number of benzene rings is 3. The highest BCUT2D eigenvalue weighted by Crippen LogP contribution is 2.28. The molecule has 1 fully saturated rings. The fourth-order valence-corrected chi connectivity index (χ4v) is 4.07. The number of barbiturate groups is 1. The Morgan fingerprint density at radius 2 is 1.75 bits per heavy atom. The molecule has 0 aliphatic carbocycles. The number of hydrogen-bond donors (Lipinski definition) is 2. The van der Waals surface area contributed by atoms with E-state index >= 15 is 0 Å². The zero-order valence-corrected chi connectivity index (χ0v) is 22.5. The molecule has 1 aliphatic rings. The third kappa shape index (κ3) is 6.02. The highest BCUT2D eigenvalue weighted by atomic mass is 35.5. The molecule has 0 aromatic heterocycles. The molecule has 0 saturated carbocycles. The van der Waals surface area contributed by atoms with Gasteiger partial charge < -0.3 is 14.8 Å². The molecule has 3 aromatic rings. The highest BCUT2D eigenvalue weighted by molar-refractivity contribution is 6.39. The summed E-state index contributed by atoms with van der Waals surface area (Å²) in [6, 6.07) is 14.6. The molecule has 1 heterocycles. The number of esters is 1. The van der Waals surface area contributed by atoms with Gasteiger partial charge in [0.1, 0.15) is 11.3 Å². The van der Waals surface area contributed by atoms with Crippen molar-refractivity contribution < 1.29 is 33.4 Å². The number of amides is 5. The largest absolute Gasteiger partial charge is 0.483 e. The zero-order chi connectivity index (χ0) is 29.0. The SMILES string of the molecule is COC(=O)c1ccc(N2C(=O)NC(=O)/C(=C/c3cc(Cl)ccc3OCC(=O)Nc3cccc(C)c3C)C2=O)cc1. The third-order valence-electron chi connectivity index (χ3n) is 6.16. The maximum Gasteiger partial charge on any atom is 0.337 e. The van der Waals surface area contributed by atoms with E-state index in [0.29, 0.717) is 5.69 Å². The summed E-state index contributed by atoms with van der Waals surface area (Å²) >= 11 is 6.16. The van der Waals surface area contributed by atoms with Crippen molar-refractivity contribution >= 4 is 58.8 Å². The molecular weight excluding hydrogens is 538 g/mol. The van der Waals surface area contributed by atoms with Crippen molar-refractivity contribution in [2.75, 3.05) is 23.9 Å². The number of aryl methyl sites for hydroxylation is 1. The lowest BCUT2D eigenvalue weighted by atomic mass is 10.1. The molecular formula is C29H24ClN3O7. The summed E-state index contributed by atoms with van der Waals surface area (Å²) < 4.78 is 10.4. The van der Waals surface area contributed by atoms with E-state index in [1.54, 1.807) is 6.07 Å². The number of urea groups is 1. The number of nitrogens with zero attached hydrogens (tertiary/aromatic N) is 1. The predicted molar refractivity (Wildman–Crippen MR) is 148 cm³/mol. The van der Waals surface area contributed by atoms with Gasteiger partial charge >= 0.3 is 12.0 Å². The van der Waals surface area contributed by atoms with Crippen LogP contribution < -0.4 is 20.3 Å². The van der Waals surface area contributed by atoms with Gasteiger partial charge in [-0.05, 0) is 79.6 Å². The summed E-state index contributed by atoms with van der Waals surface area (Å²) in [5.74, 6) is -2.65. The van der Waals surface area contributed by atoms with Gasteiger partial charge in [-0.25, -0.2) is 14.5 Å². The maximum atomic E-state index is 13.3. The van der Waals surface area contributed by atoms with Gasteiger partial charge in [-0.3, -0.25) is 19.7 Å². The second-order valence-electron chi connectivity index (χ2n) is 8.76. The smallest absolute Gasteiger partial charge is 0.337 e. The molecule has 40 heavy (non-hydrogen) atoms. The van der Waals surface area contributed by atoms with Crippen LogP contribution in [-0.4, -0.2) is 43.4 Å². The van der Waals surface area contributed by atoms with Crippen molar-refractivity contribution in [3.63, 3.8) is 0 Å². The van der Waals surface area contributed by atoms with Gasteiger partial charge in [0.25, 0.3) is 17.7 Å². The number of ether oxygens (including phenoxy) is 2. The van der Waals surface area contributed by atoms with Gasteiger partial charge in [-0.15, -0.1) is 0 Å². The van der Waals surface area contributed by atoms with Crippen molar-refractivity contribution in [1.29, 1.82) is 0 Å². The molecule has 0 radical (unpaired) electrons. The number of halogens is 1. The number of hydrogen-bond acceptors (Lipinski definition) is 7. The monoisotopic (exact) mass is 561 g/mol. The van der Waals surface area contributed by atoms with Crippen LogP contribution in [0.1, 0.15) is 27.0 Å². The Labute approximate surface area is 234 Å². The normalized spacial score (nSPS) is 14.2. The van der Waals surface area contributed by atoms with Crippen molar-refractivity contribution in [3.05, 3.63) is 93.5 Å². The van der Waals surface area contributed by atoms with Crippen LogP contribution in [0.15, 0.2) is 66.2 Å². The van der Waals surface area contributed by atoms with E-state index in [1.165, 1.54) is 55.7 Å².